The van der Waals surface area contributed by atoms with E-state index in [1.807, 2.05) is 30.3 Å². The fourth-order valence-corrected chi connectivity index (χ4v) is 3.21. The van der Waals surface area contributed by atoms with Crippen molar-refractivity contribution in [2.24, 2.45) is 0 Å². The van der Waals surface area contributed by atoms with Crippen LogP contribution in [0.1, 0.15) is 45.1 Å². The number of Topliss-reactive ketones (excluding diaryl/α,β-unsaturated/α-hetero) is 1. The summed E-state index contributed by atoms with van der Waals surface area (Å²) in [5.41, 5.74) is 1.66. The van der Waals surface area contributed by atoms with E-state index in [9.17, 15) is 4.79 Å². The van der Waals surface area contributed by atoms with E-state index in [1.54, 1.807) is 0 Å². The number of halogens is 1. The topological polar surface area (TPSA) is 46.3 Å². The Labute approximate surface area is 147 Å². The van der Waals surface area contributed by atoms with Gasteiger partial charge in [-0.05, 0) is 37.1 Å². The fraction of sp³-hybridized carbons (Fsp3) is 0.474. The van der Waals surface area contributed by atoms with Gasteiger partial charge in [0.25, 0.3) is 0 Å². The first kappa shape index (κ1) is 17.0. The molecular weight excluding hydrogens is 324 g/mol. The van der Waals surface area contributed by atoms with E-state index >= 15 is 0 Å². The van der Waals surface area contributed by atoms with Crippen LogP contribution in [0.3, 0.4) is 0 Å². The second kappa shape index (κ2) is 6.60. The lowest BCUT2D eigenvalue weighted by Gasteiger charge is -2.25. The van der Waals surface area contributed by atoms with Gasteiger partial charge in [-0.25, -0.2) is 0 Å². The Morgan fingerprint density at radius 3 is 2.67 bits per heavy atom. The average Bonchev–Trinajstić information content (AvgIpc) is 3.16. The van der Waals surface area contributed by atoms with Crippen LogP contribution < -0.4 is 4.90 Å². The number of carbonyl (C=O) groups excluding carboxylic acids is 1. The molecule has 1 aliphatic heterocycles. The number of carbonyl (C=O) groups is 1. The molecule has 0 saturated carbocycles. The maximum Gasteiger partial charge on any atom is 0.161 e. The maximum atomic E-state index is 12.8. The number of ketones is 1. The van der Waals surface area contributed by atoms with Crippen molar-refractivity contribution in [3.05, 3.63) is 46.8 Å². The van der Waals surface area contributed by atoms with Crippen molar-refractivity contribution >= 4 is 23.1 Å². The van der Waals surface area contributed by atoms with Crippen molar-refractivity contribution in [1.82, 2.24) is 5.16 Å². The summed E-state index contributed by atoms with van der Waals surface area (Å²) in [4.78, 5) is 14.9. The molecule has 3 rings (SSSR count). The molecular formula is C19H23ClN2O2. The standard InChI is InChI=1S/C19H23ClN2O2/c1-19(2,3)18-12-14(21-24-18)11-17(23)16-5-4-10-22(16)15-8-6-13(20)7-9-15/h6-9,12,16H,4-5,10-11H2,1-3H3/t16-/m0/s1. The molecule has 1 aromatic carbocycles. The predicted octanol–water partition coefficient (Wildman–Crippen LogP) is 4.41. The molecule has 1 aliphatic rings. The molecule has 0 radical (unpaired) electrons. The number of hydrogen-bond donors (Lipinski definition) is 0. The Bertz CT molecular complexity index is 716. The van der Waals surface area contributed by atoms with E-state index in [2.05, 4.69) is 30.8 Å². The predicted molar refractivity (Wildman–Crippen MR) is 95.7 cm³/mol. The smallest absolute Gasteiger partial charge is 0.161 e. The van der Waals surface area contributed by atoms with Crippen LogP contribution in [0.4, 0.5) is 5.69 Å². The van der Waals surface area contributed by atoms with Gasteiger partial charge in [0, 0.05) is 28.7 Å². The van der Waals surface area contributed by atoms with Gasteiger partial charge in [0.15, 0.2) is 5.78 Å². The maximum absolute atomic E-state index is 12.8. The first-order chi connectivity index (χ1) is 11.3. The van der Waals surface area contributed by atoms with Crippen molar-refractivity contribution in [2.75, 3.05) is 11.4 Å². The third-order valence-electron chi connectivity index (χ3n) is 4.44. The highest BCUT2D eigenvalue weighted by Crippen LogP contribution is 2.28. The van der Waals surface area contributed by atoms with Gasteiger partial charge in [0.2, 0.25) is 0 Å². The molecule has 1 saturated heterocycles. The highest BCUT2D eigenvalue weighted by Gasteiger charge is 2.31. The zero-order valence-electron chi connectivity index (χ0n) is 14.4. The summed E-state index contributed by atoms with van der Waals surface area (Å²) in [6.45, 7) is 7.10. The molecule has 0 spiro atoms. The summed E-state index contributed by atoms with van der Waals surface area (Å²) < 4.78 is 5.39. The van der Waals surface area contributed by atoms with Crippen LogP contribution in [0.5, 0.6) is 0 Å². The molecule has 4 nitrogen and oxygen atoms in total. The van der Waals surface area contributed by atoms with E-state index in [4.69, 9.17) is 16.1 Å². The number of benzene rings is 1. The van der Waals surface area contributed by atoms with Crippen LogP contribution in [-0.4, -0.2) is 23.5 Å². The Kier molecular flexibility index (Phi) is 4.68. The third-order valence-corrected chi connectivity index (χ3v) is 4.69. The molecule has 0 aliphatic carbocycles. The zero-order valence-corrected chi connectivity index (χ0v) is 15.1. The van der Waals surface area contributed by atoms with Gasteiger partial charge >= 0.3 is 0 Å². The molecule has 5 heteroatoms. The number of rotatable bonds is 4. The fourth-order valence-electron chi connectivity index (χ4n) is 3.09. The van der Waals surface area contributed by atoms with Crippen LogP contribution >= 0.6 is 11.6 Å². The normalized spacial score (nSPS) is 18.2. The minimum Gasteiger partial charge on any atom is -0.361 e. The molecule has 0 bridgehead atoms. The highest BCUT2D eigenvalue weighted by atomic mass is 35.5. The molecule has 1 aromatic heterocycles. The number of anilines is 1. The van der Waals surface area contributed by atoms with E-state index < -0.39 is 0 Å². The molecule has 0 unspecified atom stereocenters. The van der Waals surface area contributed by atoms with Gasteiger partial charge < -0.3 is 9.42 Å². The van der Waals surface area contributed by atoms with Gasteiger partial charge in [-0.15, -0.1) is 0 Å². The molecule has 2 heterocycles. The van der Waals surface area contributed by atoms with Crippen LogP contribution in [-0.2, 0) is 16.6 Å². The van der Waals surface area contributed by atoms with Crippen molar-refractivity contribution in [3.8, 4) is 0 Å². The first-order valence-corrected chi connectivity index (χ1v) is 8.73. The van der Waals surface area contributed by atoms with Gasteiger partial charge in [0.05, 0.1) is 18.2 Å². The minimum absolute atomic E-state index is 0.0963. The van der Waals surface area contributed by atoms with E-state index in [1.165, 1.54) is 0 Å². The highest BCUT2D eigenvalue weighted by molar-refractivity contribution is 6.30. The van der Waals surface area contributed by atoms with Crippen molar-refractivity contribution in [3.63, 3.8) is 0 Å². The van der Waals surface area contributed by atoms with Crippen LogP contribution in [0.15, 0.2) is 34.9 Å². The monoisotopic (exact) mass is 346 g/mol. The first-order valence-electron chi connectivity index (χ1n) is 8.35. The molecule has 1 atom stereocenters. The summed E-state index contributed by atoms with van der Waals surface area (Å²) in [6, 6.07) is 9.48. The van der Waals surface area contributed by atoms with E-state index in [0.29, 0.717) is 17.1 Å². The van der Waals surface area contributed by atoms with Gasteiger partial charge in [-0.1, -0.05) is 37.5 Å². The Hall–Kier alpha value is -1.81. The third kappa shape index (κ3) is 3.64. The zero-order chi connectivity index (χ0) is 17.3. The number of aromatic nitrogens is 1. The lowest BCUT2D eigenvalue weighted by molar-refractivity contribution is -0.119. The van der Waals surface area contributed by atoms with Crippen molar-refractivity contribution < 1.29 is 9.32 Å². The molecule has 128 valence electrons. The van der Waals surface area contributed by atoms with Crippen LogP contribution in [0.25, 0.3) is 0 Å². The quantitative estimate of drug-likeness (QED) is 0.822. The summed E-state index contributed by atoms with van der Waals surface area (Å²) >= 11 is 5.96. The summed E-state index contributed by atoms with van der Waals surface area (Å²) in [6.07, 6.45) is 2.21. The summed E-state index contributed by atoms with van der Waals surface area (Å²) in [5, 5.41) is 4.78. The largest absolute Gasteiger partial charge is 0.361 e. The summed E-state index contributed by atoms with van der Waals surface area (Å²) in [5.74, 6) is 1.00. The van der Waals surface area contributed by atoms with Crippen LogP contribution in [0.2, 0.25) is 5.02 Å². The Morgan fingerprint density at radius 1 is 1.33 bits per heavy atom. The molecule has 0 amide bonds. The SMILES string of the molecule is CC(C)(C)c1cc(CC(=O)[C@@H]2CCCN2c2ccc(Cl)cc2)no1. The molecule has 0 N–H and O–H groups in total. The van der Waals surface area contributed by atoms with Gasteiger partial charge in [0.1, 0.15) is 5.76 Å². The van der Waals surface area contributed by atoms with Crippen LogP contribution in [0, 0.1) is 0 Å². The van der Waals surface area contributed by atoms with Crippen molar-refractivity contribution in [1.29, 1.82) is 0 Å². The minimum atomic E-state index is -0.100. The summed E-state index contributed by atoms with van der Waals surface area (Å²) in [7, 11) is 0. The average molecular weight is 347 g/mol. The van der Waals surface area contributed by atoms with Gasteiger partial charge in [-0.2, -0.15) is 0 Å². The Morgan fingerprint density at radius 2 is 2.04 bits per heavy atom. The van der Waals surface area contributed by atoms with E-state index in [-0.39, 0.29) is 17.2 Å². The lowest BCUT2D eigenvalue weighted by Crippen LogP contribution is -2.37. The Balaban J connectivity index is 1.72. The number of hydrogen-bond acceptors (Lipinski definition) is 4. The van der Waals surface area contributed by atoms with Crippen molar-refractivity contribution in [2.45, 2.75) is 51.5 Å². The second-order valence-electron chi connectivity index (χ2n) is 7.40. The van der Waals surface area contributed by atoms with Gasteiger partial charge in [-0.3, -0.25) is 4.79 Å². The second-order valence-corrected chi connectivity index (χ2v) is 7.84. The molecule has 2 aromatic rings. The molecule has 24 heavy (non-hydrogen) atoms. The van der Waals surface area contributed by atoms with E-state index in [0.717, 1.165) is 30.8 Å². The molecule has 1 fully saturated rings. The number of nitrogens with zero attached hydrogens (tertiary/aromatic N) is 2. The lowest BCUT2D eigenvalue weighted by atomic mass is 9.93.